The number of rotatable bonds is 0. The number of carbonyl (C=O) groups is 1. The highest BCUT2D eigenvalue weighted by Crippen LogP contribution is 2.34. The molecule has 2 rings (SSSR count). The highest BCUT2D eigenvalue weighted by atomic mass is 16.6. The minimum Gasteiger partial charge on any atom is -0.462 e. The Balaban J connectivity index is 2.16. The van der Waals surface area contributed by atoms with E-state index in [-0.39, 0.29) is 19.0 Å². The summed E-state index contributed by atoms with van der Waals surface area (Å²) < 4.78 is 10.0. The van der Waals surface area contributed by atoms with Gasteiger partial charge in [0.2, 0.25) is 0 Å². The van der Waals surface area contributed by atoms with Gasteiger partial charge in [-0.05, 0) is 6.42 Å². The molecule has 1 spiro atoms. The van der Waals surface area contributed by atoms with E-state index < -0.39 is 11.7 Å². The Hall–Kier alpha value is -0.610. The van der Waals surface area contributed by atoms with E-state index in [4.69, 9.17) is 9.47 Å². The van der Waals surface area contributed by atoms with Gasteiger partial charge >= 0.3 is 5.97 Å². The first kappa shape index (κ1) is 7.06. The number of aliphatic hydroxyl groups excluding tert-OH is 1. The van der Waals surface area contributed by atoms with Gasteiger partial charge in [0.25, 0.3) is 0 Å². The lowest BCUT2D eigenvalue weighted by Crippen LogP contribution is -2.39. The fourth-order valence-corrected chi connectivity index (χ4v) is 1.59. The van der Waals surface area contributed by atoms with Gasteiger partial charge in [-0.1, -0.05) is 0 Å². The fourth-order valence-electron chi connectivity index (χ4n) is 1.59. The van der Waals surface area contributed by atoms with Gasteiger partial charge in [0.1, 0.15) is 12.2 Å². The first-order chi connectivity index (χ1) is 5.23. The first-order valence-electron chi connectivity index (χ1n) is 3.71. The van der Waals surface area contributed by atoms with Crippen LogP contribution in [-0.2, 0) is 14.3 Å². The van der Waals surface area contributed by atoms with Crippen LogP contribution >= 0.6 is 0 Å². The molecule has 2 fully saturated rings. The van der Waals surface area contributed by atoms with E-state index in [0.717, 1.165) is 0 Å². The maximum Gasteiger partial charge on any atom is 0.309 e. The fraction of sp³-hybridized carbons (Fsp3) is 0.857. The Morgan fingerprint density at radius 2 is 2.45 bits per heavy atom. The largest absolute Gasteiger partial charge is 0.462 e. The topological polar surface area (TPSA) is 55.8 Å². The summed E-state index contributed by atoms with van der Waals surface area (Å²) in [6.45, 7) is 0.741. The third-order valence-electron chi connectivity index (χ3n) is 2.31. The normalized spacial score (nSPS) is 43.4. The Kier molecular flexibility index (Phi) is 1.40. The molecule has 2 atom stereocenters. The quantitative estimate of drug-likeness (QED) is 0.481. The SMILES string of the molecule is O=C1C[C@@]2(CO1)OCC[C@H]2O. The molecule has 0 aliphatic carbocycles. The molecule has 0 aromatic heterocycles. The molecular formula is C7H10O4. The molecule has 2 aliphatic rings. The number of esters is 1. The minimum absolute atomic E-state index is 0.203. The van der Waals surface area contributed by atoms with Gasteiger partial charge in [-0.15, -0.1) is 0 Å². The van der Waals surface area contributed by atoms with Crippen molar-refractivity contribution in [1.82, 2.24) is 0 Å². The number of carbonyl (C=O) groups excluding carboxylic acids is 1. The van der Waals surface area contributed by atoms with Gasteiger partial charge < -0.3 is 14.6 Å². The summed E-state index contributed by atoms with van der Waals surface area (Å²) in [6, 6.07) is 0. The van der Waals surface area contributed by atoms with E-state index in [1.165, 1.54) is 0 Å². The van der Waals surface area contributed by atoms with Crippen LogP contribution in [0.5, 0.6) is 0 Å². The molecule has 4 nitrogen and oxygen atoms in total. The molecule has 2 aliphatic heterocycles. The van der Waals surface area contributed by atoms with E-state index in [9.17, 15) is 9.90 Å². The summed E-state index contributed by atoms with van der Waals surface area (Å²) in [5.74, 6) is -0.272. The van der Waals surface area contributed by atoms with Crippen LogP contribution in [0.1, 0.15) is 12.8 Å². The average molecular weight is 158 g/mol. The molecule has 62 valence electrons. The summed E-state index contributed by atoms with van der Waals surface area (Å²) in [7, 11) is 0. The number of aliphatic hydroxyl groups is 1. The van der Waals surface area contributed by atoms with Crippen molar-refractivity contribution < 1.29 is 19.4 Å². The molecule has 1 N–H and O–H groups in total. The highest BCUT2D eigenvalue weighted by molar-refractivity contribution is 5.73. The molecule has 0 amide bonds. The van der Waals surface area contributed by atoms with Gasteiger partial charge in [-0.2, -0.15) is 0 Å². The van der Waals surface area contributed by atoms with Crippen molar-refractivity contribution in [2.45, 2.75) is 24.5 Å². The second-order valence-electron chi connectivity index (χ2n) is 3.06. The van der Waals surface area contributed by atoms with Crippen LogP contribution in [0.4, 0.5) is 0 Å². The second kappa shape index (κ2) is 2.19. The number of ether oxygens (including phenoxy) is 2. The van der Waals surface area contributed by atoms with Crippen molar-refractivity contribution >= 4 is 5.97 Å². The van der Waals surface area contributed by atoms with Crippen molar-refractivity contribution in [3.05, 3.63) is 0 Å². The molecule has 0 bridgehead atoms. The maximum atomic E-state index is 10.7. The van der Waals surface area contributed by atoms with Crippen LogP contribution in [0, 0.1) is 0 Å². The van der Waals surface area contributed by atoms with Crippen molar-refractivity contribution in [2.24, 2.45) is 0 Å². The maximum absolute atomic E-state index is 10.7. The second-order valence-corrected chi connectivity index (χ2v) is 3.06. The molecule has 0 saturated carbocycles. The summed E-state index contributed by atoms with van der Waals surface area (Å²) in [4.78, 5) is 10.7. The van der Waals surface area contributed by atoms with Gasteiger partial charge in [0, 0.05) is 0 Å². The molecular weight excluding hydrogens is 148 g/mol. The number of hydrogen-bond donors (Lipinski definition) is 1. The zero-order valence-corrected chi connectivity index (χ0v) is 6.08. The van der Waals surface area contributed by atoms with Crippen molar-refractivity contribution in [2.75, 3.05) is 13.2 Å². The lowest BCUT2D eigenvalue weighted by atomic mass is 9.96. The molecule has 0 aromatic rings. The smallest absolute Gasteiger partial charge is 0.309 e. The zero-order chi connectivity index (χ0) is 7.90. The van der Waals surface area contributed by atoms with Crippen molar-refractivity contribution in [1.29, 1.82) is 0 Å². The van der Waals surface area contributed by atoms with Gasteiger partial charge in [0.05, 0.1) is 19.1 Å². The predicted octanol–water partition coefficient (Wildman–Crippen LogP) is -0.547. The Bertz CT molecular complexity index is 191. The third-order valence-corrected chi connectivity index (χ3v) is 2.31. The van der Waals surface area contributed by atoms with Gasteiger partial charge in [0.15, 0.2) is 0 Å². The summed E-state index contributed by atoms with van der Waals surface area (Å²) >= 11 is 0. The predicted molar refractivity (Wildman–Crippen MR) is 34.9 cm³/mol. The highest BCUT2D eigenvalue weighted by Gasteiger charge is 2.50. The first-order valence-corrected chi connectivity index (χ1v) is 3.71. The molecule has 0 unspecified atom stereocenters. The Morgan fingerprint density at radius 1 is 1.64 bits per heavy atom. The monoisotopic (exact) mass is 158 g/mol. The lowest BCUT2D eigenvalue weighted by molar-refractivity contribution is -0.137. The van der Waals surface area contributed by atoms with E-state index in [2.05, 4.69) is 0 Å². The van der Waals surface area contributed by atoms with Crippen LogP contribution < -0.4 is 0 Å². The molecule has 0 aromatic carbocycles. The Morgan fingerprint density at radius 3 is 2.91 bits per heavy atom. The van der Waals surface area contributed by atoms with Gasteiger partial charge in [-0.3, -0.25) is 4.79 Å². The molecule has 11 heavy (non-hydrogen) atoms. The lowest BCUT2D eigenvalue weighted by Gasteiger charge is -2.21. The molecule has 2 heterocycles. The van der Waals surface area contributed by atoms with Crippen molar-refractivity contribution in [3.63, 3.8) is 0 Å². The molecule has 4 heteroatoms. The van der Waals surface area contributed by atoms with Crippen LogP contribution in [0.3, 0.4) is 0 Å². The number of cyclic esters (lactones) is 1. The average Bonchev–Trinajstić information content (AvgIpc) is 2.46. The third kappa shape index (κ3) is 0.937. The van der Waals surface area contributed by atoms with Crippen LogP contribution in [-0.4, -0.2) is 36.0 Å². The zero-order valence-electron chi connectivity index (χ0n) is 6.08. The van der Waals surface area contributed by atoms with E-state index in [1.807, 2.05) is 0 Å². The summed E-state index contributed by atoms with van der Waals surface area (Å²) in [6.07, 6.45) is 0.277. The standard InChI is InChI=1S/C7H10O4/c8-5-1-2-11-7(5)3-6(9)10-4-7/h5,8H,1-4H2/t5-,7+/m1/s1. The van der Waals surface area contributed by atoms with Crippen LogP contribution in [0.25, 0.3) is 0 Å². The van der Waals surface area contributed by atoms with E-state index in [1.54, 1.807) is 0 Å². The van der Waals surface area contributed by atoms with Crippen molar-refractivity contribution in [3.8, 4) is 0 Å². The molecule has 0 radical (unpaired) electrons. The van der Waals surface area contributed by atoms with E-state index in [0.29, 0.717) is 13.0 Å². The minimum atomic E-state index is -0.697. The van der Waals surface area contributed by atoms with Gasteiger partial charge in [-0.25, -0.2) is 0 Å². The summed E-state index contributed by atoms with van der Waals surface area (Å²) in [5, 5.41) is 9.44. The number of hydrogen-bond acceptors (Lipinski definition) is 4. The summed E-state index contributed by atoms with van der Waals surface area (Å²) in [5.41, 5.74) is -0.697. The van der Waals surface area contributed by atoms with Crippen LogP contribution in [0.15, 0.2) is 0 Å². The van der Waals surface area contributed by atoms with E-state index >= 15 is 0 Å². The molecule has 2 saturated heterocycles. The Labute approximate surface area is 64.1 Å². The van der Waals surface area contributed by atoms with Crippen LogP contribution in [0.2, 0.25) is 0 Å².